The van der Waals surface area contributed by atoms with Crippen molar-refractivity contribution in [1.29, 1.82) is 0 Å². The van der Waals surface area contributed by atoms with E-state index in [-0.39, 0.29) is 11.3 Å². The van der Waals surface area contributed by atoms with Crippen LogP contribution in [0.5, 0.6) is 0 Å². The summed E-state index contributed by atoms with van der Waals surface area (Å²) >= 11 is 1.29. The first-order valence-electron chi connectivity index (χ1n) is 3.79. The second-order valence-corrected chi connectivity index (χ2v) is 3.71. The Balaban J connectivity index is 2.87. The molecule has 0 saturated heterocycles. The van der Waals surface area contributed by atoms with Gasteiger partial charge in [0.2, 0.25) is 0 Å². The summed E-state index contributed by atoms with van der Waals surface area (Å²) in [5, 5.41) is 11.1. The molecule has 0 fully saturated rings. The third-order valence-corrected chi connectivity index (χ3v) is 2.91. The molecule has 3 N–H and O–H groups in total. The van der Waals surface area contributed by atoms with Crippen molar-refractivity contribution in [1.82, 2.24) is 0 Å². The number of hydrogen-bond donors (Lipinski definition) is 2. The highest BCUT2D eigenvalue weighted by atomic mass is 32.1. The minimum absolute atomic E-state index is 0.0881. The topological polar surface area (TPSA) is 63.3 Å². The van der Waals surface area contributed by atoms with E-state index in [0.717, 1.165) is 0 Å². The molecule has 0 unspecified atom stereocenters. The van der Waals surface area contributed by atoms with Gasteiger partial charge in [0.1, 0.15) is 0 Å². The maximum Gasteiger partial charge on any atom is 0.338 e. The van der Waals surface area contributed by atoms with E-state index >= 15 is 0 Å². The first-order chi connectivity index (χ1) is 6.61. The molecule has 14 heavy (non-hydrogen) atoms. The Bertz CT molecular complexity index is 521. The van der Waals surface area contributed by atoms with Crippen molar-refractivity contribution in [2.75, 3.05) is 5.73 Å². The fourth-order valence-electron chi connectivity index (χ4n) is 1.27. The van der Waals surface area contributed by atoms with Gasteiger partial charge in [-0.1, -0.05) is 0 Å². The molecule has 2 aromatic rings. The van der Waals surface area contributed by atoms with E-state index in [1.165, 1.54) is 17.4 Å². The highest BCUT2D eigenvalue weighted by Crippen LogP contribution is 2.31. The number of aromatic carboxylic acids is 1. The summed E-state index contributed by atoms with van der Waals surface area (Å²) in [5.41, 5.74) is 5.00. The largest absolute Gasteiger partial charge is 0.478 e. The lowest BCUT2D eigenvalue weighted by molar-refractivity contribution is 0.0692. The van der Waals surface area contributed by atoms with Crippen molar-refractivity contribution in [3.05, 3.63) is 28.9 Å². The Morgan fingerprint density at radius 1 is 1.57 bits per heavy atom. The smallest absolute Gasteiger partial charge is 0.338 e. The van der Waals surface area contributed by atoms with E-state index in [0.29, 0.717) is 10.1 Å². The van der Waals surface area contributed by atoms with Crippen LogP contribution in [0.1, 0.15) is 10.4 Å². The molecular weight excluding hydrogens is 205 g/mol. The fourth-order valence-corrected chi connectivity index (χ4v) is 2.10. The number of fused-ring (bicyclic) bond motifs is 1. The fraction of sp³-hybridized carbons (Fsp3) is 0. The molecule has 0 atom stereocenters. The Morgan fingerprint density at radius 2 is 2.29 bits per heavy atom. The molecule has 0 aliphatic carbocycles. The molecule has 2 rings (SSSR count). The van der Waals surface area contributed by atoms with Gasteiger partial charge < -0.3 is 10.8 Å². The van der Waals surface area contributed by atoms with Crippen molar-refractivity contribution in [2.24, 2.45) is 0 Å². The molecule has 1 aromatic carbocycles. The number of nitrogens with two attached hydrogens (primary N) is 1. The Labute approximate surface area is 82.6 Å². The Kier molecular flexibility index (Phi) is 1.89. The van der Waals surface area contributed by atoms with Gasteiger partial charge in [0, 0.05) is 0 Å². The minimum atomic E-state index is -1.30. The average molecular weight is 211 g/mol. The third-order valence-electron chi connectivity index (χ3n) is 1.94. The molecule has 5 heteroatoms. The van der Waals surface area contributed by atoms with Gasteiger partial charge in [-0.05, 0) is 22.9 Å². The van der Waals surface area contributed by atoms with Gasteiger partial charge in [0.25, 0.3) is 0 Å². The molecular formula is C9H6FNO2S. The van der Waals surface area contributed by atoms with Crippen LogP contribution < -0.4 is 5.73 Å². The van der Waals surface area contributed by atoms with Crippen molar-refractivity contribution in [3.63, 3.8) is 0 Å². The molecule has 0 aliphatic rings. The van der Waals surface area contributed by atoms with Gasteiger partial charge in [-0.2, -0.15) is 0 Å². The van der Waals surface area contributed by atoms with Gasteiger partial charge in [-0.3, -0.25) is 0 Å². The predicted molar refractivity (Wildman–Crippen MR) is 53.2 cm³/mol. The van der Waals surface area contributed by atoms with Crippen LogP contribution in [0.15, 0.2) is 17.5 Å². The Hall–Kier alpha value is -1.62. The van der Waals surface area contributed by atoms with E-state index in [1.54, 1.807) is 11.4 Å². The van der Waals surface area contributed by atoms with E-state index in [1.807, 2.05) is 0 Å². The molecule has 0 radical (unpaired) electrons. The lowest BCUT2D eigenvalue weighted by atomic mass is 10.1. The number of anilines is 1. The maximum absolute atomic E-state index is 13.4. The number of halogens is 1. The molecule has 72 valence electrons. The summed E-state index contributed by atoms with van der Waals surface area (Å²) in [6, 6.07) is 3.00. The number of carboxylic acid groups (broad SMARTS) is 1. The van der Waals surface area contributed by atoms with Crippen LogP contribution in [0.3, 0.4) is 0 Å². The number of rotatable bonds is 1. The molecule has 0 saturated carbocycles. The van der Waals surface area contributed by atoms with Crippen LogP contribution in [0, 0.1) is 5.82 Å². The zero-order valence-corrected chi connectivity index (χ0v) is 7.77. The summed E-state index contributed by atoms with van der Waals surface area (Å²) < 4.78 is 14.0. The van der Waals surface area contributed by atoms with E-state index in [2.05, 4.69) is 0 Å². The second-order valence-electron chi connectivity index (χ2n) is 2.80. The number of nitrogen functional groups attached to an aromatic ring is 1. The van der Waals surface area contributed by atoms with Gasteiger partial charge in [-0.15, -0.1) is 11.3 Å². The first-order valence-corrected chi connectivity index (χ1v) is 4.67. The second kappa shape index (κ2) is 2.95. The van der Waals surface area contributed by atoms with Gasteiger partial charge in [-0.25, -0.2) is 9.18 Å². The first kappa shape index (κ1) is 8.96. The van der Waals surface area contributed by atoms with E-state index in [9.17, 15) is 9.18 Å². The SMILES string of the molecule is Nc1c(F)c(C(=O)O)cc2ccsc12. The highest BCUT2D eigenvalue weighted by Gasteiger charge is 2.16. The molecule has 0 bridgehead atoms. The van der Waals surface area contributed by atoms with Crippen molar-refractivity contribution in [2.45, 2.75) is 0 Å². The molecule has 0 spiro atoms. The highest BCUT2D eigenvalue weighted by molar-refractivity contribution is 7.17. The summed E-state index contributed by atoms with van der Waals surface area (Å²) in [7, 11) is 0. The Morgan fingerprint density at radius 3 is 2.93 bits per heavy atom. The van der Waals surface area contributed by atoms with Crippen molar-refractivity contribution >= 4 is 33.1 Å². The molecule has 1 heterocycles. The molecule has 3 nitrogen and oxygen atoms in total. The summed E-state index contributed by atoms with van der Waals surface area (Å²) in [6.45, 7) is 0. The lowest BCUT2D eigenvalue weighted by Crippen LogP contribution is -2.03. The van der Waals surface area contributed by atoms with Gasteiger partial charge >= 0.3 is 5.97 Å². The number of hydrogen-bond acceptors (Lipinski definition) is 3. The van der Waals surface area contributed by atoms with Crippen LogP contribution in [-0.4, -0.2) is 11.1 Å². The zero-order chi connectivity index (χ0) is 10.3. The quantitative estimate of drug-likeness (QED) is 0.711. The van der Waals surface area contributed by atoms with E-state index < -0.39 is 11.8 Å². The molecule has 0 aliphatic heterocycles. The lowest BCUT2D eigenvalue weighted by Gasteiger charge is -2.02. The summed E-state index contributed by atoms with van der Waals surface area (Å²) in [5.74, 6) is -2.16. The predicted octanol–water partition coefficient (Wildman–Crippen LogP) is 2.32. The monoisotopic (exact) mass is 211 g/mol. The maximum atomic E-state index is 13.4. The number of carboxylic acids is 1. The number of thiophene rings is 1. The van der Waals surface area contributed by atoms with Gasteiger partial charge in [0.15, 0.2) is 5.82 Å². The van der Waals surface area contributed by atoms with Crippen LogP contribution in [0.2, 0.25) is 0 Å². The minimum Gasteiger partial charge on any atom is -0.478 e. The standard InChI is InChI=1S/C9H6FNO2S/c10-6-5(9(12)13)3-4-1-2-14-8(4)7(6)11/h1-3H,11H2,(H,12,13). The average Bonchev–Trinajstić information content (AvgIpc) is 2.58. The van der Waals surface area contributed by atoms with Crippen molar-refractivity contribution < 1.29 is 14.3 Å². The van der Waals surface area contributed by atoms with Crippen LogP contribution in [0.25, 0.3) is 10.1 Å². The van der Waals surface area contributed by atoms with Crippen molar-refractivity contribution in [3.8, 4) is 0 Å². The summed E-state index contributed by atoms with van der Waals surface area (Å²) in [6.07, 6.45) is 0. The number of benzene rings is 1. The number of carbonyl (C=O) groups is 1. The van der Waals surface area contributed by atoms with E-state index in [4.69, 9.17) is 10.8 Å². The van der Waals surface area contributed by atoms with Crippen LogP contribution in [-0.2, 0) is 0 Å². The molecule has 1 aromatic heterocycles. The normalized spacial score (nSPS) is 10.6. The van der Waals surface area contributed by atoms with Gasteiger partial charge in [0.05, 0.1) is 16.0 Å². The van der Waals surface area contributed by atoms with Crippen LogP contribution >= 0.6 is 11.3 Å². The van der Waals surface area contributed by atoms with Crippen LogP contribution in [0.4, 0.5) is 10.1 Å². The summed E-state index contributed by atoms with van der Waals surface area (Å²) in [4.78, 5) is 10.6. The molecule has 0 amide bonds. The third kappa shape index (κ3) is 1.13. The zero-order valence-electron chi connectivity index (χ0n) is 6.95.